The number of alkyl halides is 5. The van der Waals surface area contributed by atoms with Crippen LogP contribution < -0.4 is 0 Å². The Bertz CT molecular complexity index is 1360. The number of aryl methyl sites for hydroxylation is 1. The standard InChI is InChI=1S/C32H39F5N2O5/c1-6-7-12-27-38-28(31(33,34)32(35,36)37)26(20-43-21-42-18-17-41-5)39(27)19-22-13-15-23(16-14-22)24-10-8-9-11-25(24)29(40)44-30(2,3)4/h8-11,13-16H,6-7,12,17-21H2,1-5H3. The molecule has 0 saturated carbocycles. The first-order valence-corrected chi connectivity index (χ1v) is 14.3. The van der Waals surface area contributed by atoms with E-state index in [4.69, 9.17) is 18.9 Å². The maximum Gasteiger partial charge on any atom is 0.459 e. The molecular weight excluding hydrogens is 587 g/mol. The van der Waals surface area contributed by atoms with Crippen molar-refractivity contribution < 1.29 is 45.7 Å². The minimum absolute atomic E-state index is 0.0306. The number of esters is 1. The van der Waals surface area contributed by atoms with Crippen LogP contribution in [0.4, 0.5) is 22.0 Å². The summed E-state index contributed by atoms with van der Waals surface area (Å²) in [6, 6.07) is 13.9. The summed E-state index contributed by atoms with van der Waals surface area (Å²) < 4.78 is 92.4. The molecule has 0 saturated heterocycles. The quantitative estimate of drug-likeness (QED) is 0.0746. The zero-order valence-electron chi connectivity index (χ0n) is 25.6. The number of ether oxygens (including phenoxy) is 4. The average molecular weight is 627 g/mol. The fourth-order valence-corrected chi connectivity index (χ4v) is 4.40. The number of carbonyl (C=O) groups excluding carboxylic acids is 1. The van der Waals surface area contributed by atoms with Gasteiger partial charge in [0.15, 0.2) is 0 Å². The van der Waals surface area contributed by atoms with Crippen molar-refractivity contribution in [2.24, 2.45) is 0 Å². The Morgan fingerprint density at radius 3 is 2.23 bits per heavy atom. The van der Waals surface area contributed by atoms with Crippen molar-refractivity contribution in [2.45, 2.75) is 77.8 Å². The predicted molar refractivity (Wildman–Crippen MR) is 154 cm³/mol. The molecule has 12 heteroatoms. The Morgan fingerprint density at radius 1 is 0.932 bits per heavy atom. The third-order valence-corrected chi connectivity index (χ3v) is 6.55. The number of aromatic nitrogens is 2. The molecular formula is C32H39F5N2O5. The van der Waals surface area contributed by atoms with Gasteiger partial charge in [-0.2, -0.15) is 22.0 Å². The van der Waals surface area contributed by atoms with E-state index in [2.05, 4.69) is 4.98 Å². The number of imidazole rings is 1. The zero-order valence-corrected chi connectivity index (χ0v) is 25.6. The molecule has 0 spiro atoms. The number of benzene rings is 2. The molecule has 0 N–H and O–H groups in total. The van der Waals surface area contributed by atoms with E-state index in [-0.39, 0.29) is 44.5 Å². The van der Waals surface area contributed by atoms with E-state index < -0.39 is 36.0 Å². The van der Waals surface area contributed by atoms with Crippen LogP contribution in [0, 0.1) is 0 Å². The molecule has 0 aliphatic carbocycles. The number of unbranched alkanes of at least 4 members (excludes halogenated alkanes) is 1. The van der Waals surface area contributed by atoms with Crippen LogP contribution in [0.2, 0.25) is 0 Å². The summed E-state index contributed by atoms with van der Waals surface area (Å²) in [5, 5.41) is 0. The summed E-state index contributed by atoms with van der Waals surface area (Å²) in [6.07, 6.45) is -4.43. The second-order valence-corrected chi connectivity index (χ2v) is 11.2. The number of nitrogens with zero attached hydrogens (tertiary/aromatic N) is 2. The molecule has 3 aromatic rings. The van der Waals surface area contributed by atoms with Gasteiger partial charge in [-0.05, 0) is 49.9 Å². The number of carbonyl (C=O) groups is 1. The van der Waals surface area contributed by atoms with Crippen LogP contribution in [0.5, 0.6) is 0 Å². The summed E-state index contributed by atoms with van der Waals surface area (Å²) in [6.45, 7) is 6.69. The van der Waals surface area contributed by atoms with Crippen LogP contribution >= 0.6 is 0 Å². The molecule has 0 unspecified atom stereocenters. The molecule has 3 rings (SSSR count). The van der Waals surface area contributed by atoms with Crippen LogP contribution in [0.15, 0.2) is 48.5 Å². The van der Waals surface area contributed by atoms with Crippen LogP contribution in [-0.4, -0.2) is 54.4 Å². The molecule has 0 fully saturated rings. The van der Waals surface area contributed by atoms with Crippen molar-refractivity contribution in [2.75, 3.05) is 27.1 Å². The summed E-state index contributed by atoms with van der Waals surface area (Å²) in [4.78, 5) is 16.7. The minimum Gasteiger partial charge on any atom is -0.456 e. The average Bonchev–Trinajstić information content (AvgIpc) is 3.30. The van der Waals surface area contributed by atoms with Gasteiger partial charge < -0.3 is 23.5 Å². The molecule has 1 aromatic heterocycles. The van der Waals surface area contributed by atoms with Gasteiger partial charge in [0.25, 0.3) is 0 Å². The third-order valence-electron chi connectivity index (χ3n) is 6.55. The summed E-state index contributed by atoms with van der Waals surface area (Å²) in [7, 11) is 1.47. The normalized spacial score (nSPS) is 12.5. The van der Waals surface area contributed by atoms with Crippen molar-refractivity contribution in [3.8, 4) is 11.1 Å². The molecule has 242 valence electrons. The molecule has 1 heterocycles. The zero-order chi connectivity index (χ0) is 32.5. The highest BCUT2D eigenvalue weighted by molar-refractivity contribution is 5.97. The van der Waals surface area contributed by atoms with Crippen molar-refractivity contribution in [3.63, 3.8) is 0 Å². The maximum absolute atomic E-state index is 14.8. The van der Waals surface area contributed by atoms with E-state index in [1.807, 2.05) is 6.92 Å². The Balaban J connectivity index is 1.98. The number of halogens is 5. The first kappa shape index (κ1) is 35.1. The Morgan fingerprint density at radius 2 is 1.61 bits per heavy atom. The Kier molecular flexibility index (Phi) is 12.0. The molecule has 0 amide bonds. The van der Waals surface area contributed by atoms with Crippen LogP contribution in [-0.2, 0) is 44.4 Å². The van der Waals surface area contributed by atoms with E-state index in [1.54, 1.807) is 69.3 Å². The van der Waals surface area contributed by atoms with E-state index in [0.29, 0.717) is 35.1 Å². The van der Waals surface area contributed by atoms with Gasteiger partial charge in [0.05, 0.1) is 31.1 Å². The largest absolute Gasteiger partial charge is 0.459 e. The molecule has 0 atom stereocenters. The van der Waals surface area contributed by atoms with E-state index in [9.17, 15) is 26.7 Å². The van der Waals surface area contributed by atoms with E-state index >= 15 is 0 Å². The maximum atomic E-state index is 14.8. The highest BCUT2D eigenvalue weighted by Gasteiger charge is 2.61. The highest BCUT2D eigenvalue weighted by Crippen LogP contribution is 2.45. The summed E-state index contributed by atoms with van der Waals surface area (Å²) in [5.74, 6) is -5.57. The molecule has 0 bridgehead atoms. The SMILES string of the molecule is CCCCc1nc(C(F)(F)C(F)(F)F)c(COCOCCOC)n1Cc1ccc(-c2ccccc2C(=O)OC(C)(C)C)cc1. The monoisotopic (exact) mass is 626 g/mol. The summed E-state index contributed by atoms with van der Waals surface area (Å²) in [5.41, 5.74) is -0.115. The Hall–Kier alpha value is -3.35. The molecule has 2 aromatic carbocycles. The van der Waals surface area contributed by atoms with Gasteiger partial charge in [-0.25, -0.2) is 9.78 Å². The Labute approximate surface area is 254 Å². The topological polar surface area (TPSA) is 71.8 Å². The van der Waals surface area contributed by atoms with Crippen LogP contribution in [0.25, 0.3) is 11.1 Å². The van der Waals surface area contributed by atoms with Crippen molar-refractivity contribution in [1.82, 2.24) is 9.55 Å². The highest BCUT2D eigenvalue weighted by atomic mass is 19.4. The van der Waals surface area contributed by atoms with Gasteiger partial charge in [0.2, 0.25) is 0 Å². The number of methoxy groups -OCH3 is 1. The fraction of sp³-hybridized carbons (Fsp3) is 0.500. The fourth-order valence-electron chi connectivity index (χ4n) is 4.40. The lowest BCUT2D eigenvalue weighted by molar-refractivity contribution is -0.291. The molecule has 0 aliphatic heterocycles. The first-order chi connectivity index (χ1) is 20.7. The lowest BCUT2D eigenvalue weighted by Crippen LogP contribution is -2.35. The van der Waals surface area contributed by atoms with Gasteiger partial charge >= 0.3 is 18.1 Å². The lowest BCUT2D eigenvalue weighted by Gasteiger charge is -2.21. The molecule has 0 aliphatic rings. The van der Waals surface area contributed by atoms with Crippen molar-refractivity contribution in [1.29, 1.82) is 0 Å². The number of hydrogen-bond acceptors (Lipinski definition) is 6. The number of hydrogen-bond donors (Lipinski definition) is 0. The molecule has 0 radical (unpaired) electrons. The summed E-state index contributed by atoms with van der Waals surface area (Å²) >= 11 is 0. The second-order valence-electron chi connectivity index (χ2n) is 11.2. The van der Waals surface area contributed by atoms with E-state index in [1.165, 1.54) is 11.7 Å². The van der Waals surface area contributed by atoms with Crippen LogP contribution in [0.3, 0.4) is 0 Å². The van der Waals surface area contributed by atoms with Crippen molar-refractivity contribution >= 4 is 5.97 Å². The molecule has 7 nitrogen and oxygen atoms in total. The van der Waals surface area contributed by atoms with Crippen molar-refractivity contribution in [3.05, 3.63) is 76.9 Å². The van der Waals surface area contributed by atoms with Gasteiger partial charge in [0, 0.05) is 20.1 Å². The smallest absolute Gasteiger partial charge is 0.456 e. The van der Waals surface area contributed by atoms with Crippen LogP contribution in [0.1, 0.15) is 73.7 Å². The third kappa shape index (κ3) is 9.09. The minimum atomic E-state index is -5.85. The van der Waals surface area contributed by atoms with Gasteiger partial charge in [-0.15, -0.1) is 0 Å². The second kappa shape index (κ2) is 15.1. The molecule has 44 heavy (non-hydrogen) atoms. The predicted octanol–water partition coefficient (Wildman–Crippen LogP) is 7.69. The van der Waals surface area contributed by atoms with Gasteiger partial charge in [0.1, 0.15) is 23.9 Å². The lowest BCUT2D eigenvalue weighted by atomic mass is 9.98. The van der Waals surface area contributed by atoms with Gasteiger partial charge in [-0.3, -0.25) is 0 Å². The van der Waals surface area contributed by atoms with Gasteiger partial charge in [-0.1, -0.05) is 55.8 Å². The first-order valence-electron chi connectivity index (χ1n) is 14.3. The van der Waals surface area contributed by atoms with E-state index in [0.717, 1.165) is 0 Å². The number of rotatable bonds is 15.